The molecule has 8 fully saturated rings. The lowest BCUT2D eigenvalue weighted by molar-refractivity contribution is -0.338. The lowest BCUT2D eigenvalue weighted by Gasteiger charge is -2.49. The van der Waals surface area contributed by atoms with Crippen LogP contribution in [-0.4, -0.2) is 412 Å². The maximum atomic E-state index is 14.5. The molecule has 49 heteroatoms. The lowest BCUT2D eigenvalue weighted by atomic mass is 9.74. The first-order valence-electron chi connectivity index (χ1n) is 52.2. The third kappa shape index (κ3) is 38.7. The van der Waals surface area contributed by atoms with Crippen LogP contribution in [0.25, 0.3) is 0 Å². The van der Waals surface area contributed by atoms with E-state index in [0.29, 0.717) is 49.9 Å². The Labute approximate surface area is 853 Å². The predicted octanol–water partition coefficient (Wildman–Crippen LogP) is 0.624. The van der Waals surface area contributed by atoms with Crippen molar-refractivity contribution in [2.45, 2.75) is 406 Å². The number of rotatable bonds is 68. The largest absolute Gasteiger partial charge is 0.481 e. The molecule has 8 aliphatic rings. The number of hydrogen-bond donors (Lipinski definition) is 16. The molecular formula is C98H158N8O41. The number of aromatic nitrogens is 6. The number of carboxylic acid groups (broad SMARTS) is 4. The number of aliphatic carboxylic acids is 4. The lowest BCUT2D eigenvalue weighted by Crippen LogP contribution is -2.67. The van der Waals surface area contributed by atoms with Gasteiger partial charge in [-0.2, -0.15) is 0 Å². The number of nitrogens with zero attached hydrogens (tertiary/aromatic N) is 6. The molecule has 0 radical (unpaired) electrons. The van der Waals surface area contributed by atoms with Gasteiger partial charge in [-0.1, -0.05) is 101 Å². The second-order valence-corrected chi connectivity index (χ2v) is 39.7. The number of nitrogens with one attached hydrogen (secondary N) is 2. The monoisotopic (exact) mass is 2100 g/mol. The van der Waals surface area contributed by atoms with Crippen LogP contribution in [0.1, 0.15) is 232 Å². The van der Waals surface area contributed by atoms with Crippen molar-refractivity contribution < 1.29 is 200 Å². The number of hydrogen-bond acceptors (Lipinski definition) is 41. The van der Waals surface area contributed by atoms with Crippen LogP contribution in [0.3, 0.4) is 0 Å². The number of Topliss-reactive ketones (excluding diaryl/α,β-unsaturated/α-hetero) is 4. The smallest absolute Gasteiger partial charge is 0.332 e. The van der Waals surface area contributed by atoms with Crippen molar-refractivity contribution in [2.75, 3.05) is 92.5 Å². The average Bonchev–Trinajstić information content (AvgIpc) is 0.812. The first-order chi connectivity index (χ1) is 70.6. The number of carbonyl (C=O) groups is 10. The van der Waals surface area contributed by atoms with Gasteiger partial charge in [0.25, 0.3) is 0 Å². The molecule has 0 spiro atoms. The number of aliphatic hydroxyl groups excluding tert-OH is 10. The van der Waals surface area contributed by atoms with Gasteiger partial charge in [-0.25, -0.2) is 19.0 Å². The second-order valence-electron chi connectivity index (χ2n) is 39.7. The summed E-state index contributed by atoms with van der Waals surface area (Å²) in [4.78, 5) is 130. The minimum absolute atomic E-state index is 0.0497. The standard InChI is InChI=1S/C98H158N8O41/c1-5-59-43-61(67(111)23-15-31-131-29-13-21-65(109)25-27-77(115)116)45-69(89(59)146-97-87(125)85(123)81(119)55(3)138-97)142-95-79(91(83(121)73(51-107)144-95)140-71(93(127)128)41-57-17-9-7-10-18-57)99-75(113)49-105-47-63(101-103-105)53-136-39-37-134-35-33-133-34-36-135-38-40-137-54-64-48-106(104-102-64)50-76(114)100-80-92(141-72(94(129)130)42-58-19-11-8-12-20-58)84(122)74(52-108)145-96(80)143-70-46-62(68(112)24-16-32-132-30-14-22-66(110)26-28-78(117)118)44-60(6-2)90(70)147-98-88(126)86(124)82(120)56(4)139-98/h47-48,55-62,69-74,79-92,95-98,107-108,119-126H,5-46,49-54H2,1-4H3,(H,99,113)(H,100,114)(H,115,116)(H,117,118)(H,127,128)(H,129,130)/t55?,56?,59?,60?,61?,62?,69-,70-,71+,72+,73+,74+,79?,80?,81-,82-,83+,84+,85+,86+,87?,88?,89-,90-,91?,92?,95-,96-,97+,98+/m1/s1. The summed E-state index contributed by atoms with van der Waals surface area (Å²) >= 11 is 0. The fraction of sp³-hybridized carbons (Fsp3) is 0.857. The number of carboxylic acids is 4. The molecule has 2 aromatic heterocycles. The Hall–Kier alpha value is -7.30. The van der Waals surface area contributed by atoms with Crippen LogP contribution in [0, 0.1) is 35.5 Å². The summed E-state index contributed by atoms with van der Waals surface area (Å²) in [5.41, 5.74) is 0.631. The summed E-state index contributed by atoms with van der Waals surface area (Å²) in [6, 6.07) is -3.11. The van der Waals surface area contributed by atoms with Crippen molar-refractivity contribution in [1.82, 2.24) is 40.6 Å². The van der Waals surface area contributed by atoms with E-state index < -0.39 is 245 Å². The van der Waals surface area contributed by atoms with E-state index in [2.05, 4.69) is 31.3 Å². The highest BCUT2D eigenvalue weighted by Gasteiger charge is 2.57. The third-order valence-corrected chi connectivity index (χ3v) is 28.7. The van der Waals surface area contributed by atoms with Crippen molar-refractivity contribution in [1.29, 1.82) is 0 Å². The van der Waals surface area contributed by atoms with E-state index in [0.717, 1.165) is 64.2 Å². The Bertz CT molecular complexity index is 4020. The molecule has 836 valence electrons. The van der Waals surface area contributed by atoms with Crippen LogP contribution in [0.2, 0.25) is 0 Å². The molecule has 147 heavy (non-hydrogen) atoms. The summed E-state index contributed by atoms with van der Waals surface area (Å²) in [5.74, 6) is -9.69. The molecular weight excluding hydrogens is 1950 g/mol. The summed E-state index contributed by atoms with van der Waals surface area (Å²) in [6.07, 6.45) is -22.3. The van der Waals surface area contributed by atoms with Gasteiger partial charge in [0.15, 0.2) is 37.4 Å². The first kappa shape index (κ1) is 122. The molecule has 16 N–H and O–H groups in total. The van der Waals surface area contributed by atoms with E-state index in [1.54, 1.807) is 0 Å². The Balaban J connectivity index is 0.688. The van der Waals surface area contributed by atoms with Crippen molar-refractivity contribution in [3.8, 4) is 0 Å². The molecule has 6 heterocycles. The number of aliphatic hydroxyl groups is 10. The Morgan fingerprint density at radius 1 is 0.395 bits per heavy atom. The molecule has 49 nitrogen and oxygen atoms in total. The first-order valence-corrected chi connectivity index (χ1v) is 52.2. The van der Waals surface area contributed by atoms with E-state index in [9.17, 15) is 109 Å². The summed E-state index contributed by atoms with van der Waals surface area (Å²) in [6.45, 7) is 5.89. The van der Waals surface area contributed by atoms with Gasteiger partial charge in [-0.05, 0) is 102 Å². The van der Waals surface area contributed by atoms with Gasteiger partial charge >= 0.3 is 23.9 Å². The SMILES string of the molecule is CCC1CC(C(=O)CCCOCCCC(=O)CCC(=O)O)C[C@@H](O[C@@H]2O[C@@H](CO)[C@H](O)C(O[C@@H](CC3CCCCC3)C(=O)O)C2NC(=O)Cn2cc(COCCOCCOCCOCCOCc3cn(CC(=O)NC4C(O[C@@H](CC5CCCCC5)C(=O)O)[C@@H](O)[C@H](CO)O[C@H]4O[C@@H]4CC(C(=O)CCCOCCCC(=O)CCC(=O)O)CC(CC)[C@H]4O[C@@H]4OC(C)[C@@H](O)[C@H](O)C4O)nn3)nn2)[C@@H]1O[C@@H]1OC(C)[C@@H](O)[C@H](O)C1O. The fourth-order valence-electron chi connectivity index (χ4n) is 20.4. The maximum absolute atomic E-state index is 14.5. The zero-order chi connectivity index (χ0) is 106. The van der Waals surface area contributed by atoms with Crippen LogP contribution >= 0.6 is 0 Å². The van der Waals surface area contributed by atoms with Crippen LogP contribution < -0.4 is 10.6 Å². The Kier molecular flexibility index (Phi) is 52.4. The number of amides is 2. The minimum Gasteiger partial charge on any atom is -0.481 e. The van der Waals surface area contributed by atoms with Gasteiger partial charge in [0.1, 0.15) is 133 Å². The molecule has 4 aliphatic carbocycles. The molecule has 30 atom stereocenters. The van der Waals surface area contributed by atoms with Crippen LogP contribution in [-0.2, 0) is 155 Å². The van der Waals surface area contributed by atoms with Gasteiger partial charge in [-0.15, -0.1) is 10.2 Å². The van der Waals surface area contributed by atoms with Gasteiger partial charge in [-0.3, -0.25) is 38.4 Å². The quantitative estimate of drug-likeness (QED) is 0.0404. The van der Waals surface area contributed by atoms with Gasteiger partial charge in [0.2, 0.25) is 11.8 Å². The van der Waals surface area contributed by atoms with Crippen molar-refractivity contribution in [2.24, 2.45) is 35.5 Å². The molecule has 10 rings (SSSR count). The van der Waals surface area contributed by atoms with Gasteiger partial charge in [0.05, 0.1) is 141 Å². The number of ether oxygens (including phenoxy) is 17. The van der Waals surface area contributed by atoms with Crippen LogP contribution in [0.4, 0.5) is 0 Å². The molecule has 12 unspecified atom stereocenters. The van der Waals surface area contributed by atoms with Crippen molar-refractivity contribution in [3.05, 3.63) is 23.8 Å². The average molecular weight is 2100 g/mol. The molecule has 2 aromatic rings. The molecule has 4 aliphatic heterocycles. The molecule has 0 bridgehead atoms. The van der Waals surface area contributed by atoms with Gasteiger partial charge < -0.3 is 163 Å². The van der Waals surface area contributed by atoms with E-state index in [1.807, 2.05) is 13.8 Å². The third-order valence-electron chi connectivity index (χ3n) is 28.7. The van der Waals surface area contributed by atoms with E-state index >= 15 is 0 Å². The van der Waals surface area contributed by atoms with Crippen molar-refractivity contribution in [3.63, 3.8) is 0 Å². The fourth-order valence-corrected chi connectivity index (χ4v) is 20.4. The normalized spacial score (nSPS) is 31.4. The van der Waals surface area contributed by atoms with E-state index in [-0.39, 0.29) is 217 Å². The second kappa shape index (κ2) is 63.4. The van der Waals surface area contributed by atoms with Gasteiger partial charge in [0, 0.05) is 76.8 Å². The van der Waals surface area contributed by atoms with Crippen molar-refractivity contribution >= 4 is 58.8 Å². The number of carbonyl (C=O) groups excluding carboxylic acids is 6. The minimum atomic E-state index is -1.77. The Morgan fingerprint density at radius 2 is 0.741 bits per heavy atom. The zero-order valence-electron chi connectivity index (χ0n) is 84.5. The predicted molar refractivity (Wildman–Crippen MR) is 504 cm³/mol. The molecule has 4 saturated carbocycles. The summed E-state index contributed by atoms with van der Waals surface area (Å²) < 4.78 is 107. The van der Waals surface area contributed by atoms with Crippen LogP contribution in [0.5, 0.6) is 0 Å². The topological polar surface area (TPSA) is 696 Å². The van der Waals surface area contributed by atoms with E-state index in [1.165, 1.54) is 35.6 Å². The Morgan fingerprint density at radius 3 is 1.08 bits per heavy atom. The zero-order valence-corrected chi connectivity index (χ0v) is 84.5. The summed E-state index contributed by atoms with van der Waals surface area (Å²) in [5, 5.41) is 173. The molecule has 0 aromatic carbocycles. The highest BCUT2D eigenvalue weighted by molar-refractivity contribution is 5.84. The summed E-state index contributed by atoms with van der Waals surface area (Å²) in [7, 11) is 0. The maximum Gasteiger partial charge on any atom is 0.332 e. The molecule has 4 saturated heterocycles. The molecule has 2 amide bonds. The highest BCUT2D eigenvalue weighted by atomic mass is 16.8. The highest BCUT2D eigenvalue weighted by Crippen LogP contribution is 2.44. The number of ketones is 4. The van der Waals surface area contributed by atoms with Crippen LogP contribution in [0.15, 0.2) is 12.4 Å². The van der Waals surface area contributed by atoms with E-state index in [4.69, 9.17) is 90.7 Å².